The van der Waals surface area contributed by atoms with Crippen molar-refractivity contribution in [2.75, 3.05) is 46.0 Å². The third-order valence-corrected chi connectivity index (χ3v) is 4.46. The summed E-state index contributed by atoms with van der Waals surface area (Å²) >= 11 is 0. The van der Waals surface area contributed by atoms with Gasteiger partial charge in [-0.1, -0.05) is 29.8 Å². The van der Waals surface area contributed by atoms with E-state index in [0.29, 0.717) is 19.7 Å². The number of nitrogens with one attached hydrogen (secondary N) is 2. The Balaban J connectivity index is 1.82. The molecule has 0 saturated carbocycles. The van der Waals surface area contributed by atoms with Crippen LogP contribution in [0.4, 0.5) is 4.79 Å². The zero-order chi connectivity index (χ0) is 18.8. The predicted molar refractivity (Wildman–Crippen MR) is 103 cm³/mol. The van der Waals surface area contributed by atoms with E-state index in [2.05, 4.69) is 46.7 Å². The number of morpholine rings is 1. The summed E-state index contributed by atoms with van der Waals surface area (Å²) in [7, 11) is 0. The molecule has 0 bridgehead atoms. The van der Waals surface area contributed by atoms with Gasteiger partial charge in [-0.05, 0) is 32.8 Å². The summed E-state index contributed by atoms with van der Waals surface area (Å²) in [6.45, 7) is 11.2. The molecule has 146 valence electrons. The molecule has 0 spiro atoms. The molecule has 2 amide bonds. The van der Waals surface area contributed by atoms with Crippen LogP contribution in [0.5, 0.6) is 0 Å². The Morgan fingerprint density at radius 3 is 2.54 bits per heavy atom. The molecule has 1 unspecified atom stereocenters. The van der Waals surface area contributed by atoms with E-state index in [1.165, 1.54) is 11.1 Å². The lowest BCUT2D eigenvalue weighted by molar-refractivity contribution is 0.0167. The monoisotopic (exact) mass is 363 g/mol. The number of carbonyl (C=O) groups is 1. The summed E-state index contributed by atoms with van der Waals surface area (Å²) in [6.07, 6.45) is 1.05. The molecule has 1 saturated heterocycles. The van der Waals surface area contributed by atoms with Gasteiger partial charge < -0.3 is 20.1 Å². The molecule has 1 atom stereocenters. The molecule has 6 nitrogen and oxygen atoms in total. The molecule has 2 rings (SSSR count). The molecule has 1 fully saturated rings. The zero-order valence-corrected chi connectivity index (χ0v) is 16.3. The zero-order valence-electron chi connectivity index (χ0n) is 16.3. The number of rotatable bonds is 9. The van der Waals surface area contributed by atoms with Crippen LogP contribution in [0.3, 0.4) is 0 Å². The van der Waals surface area contributed by atoms with Gasteiger partial charge in [0.15, 0.2) is 0 Å². The van der Waals surface area contributed by atoms with Crippen LogP contribution in [0.15, 0.2) is 24.3 Å². The average molecular weight is 364 g/mol. The second-order valence-corrected chi connectivity index (χ2v) is 6.98. The number of nitrogens with zero attached hydrogens (tertiary/aromatic N) is 1. The number of hydrogen-bond acceptors (Lipinski definition) is 4. The van der Waals surface area contributed by atoms with Crippen LogP contribution in [-0.4, -0.2) is 63.0 Å². The fourth-order valence-electron chi connectivity index (χ4n) is 2.98. The number of hydrogen-bond donors (Lipinski definition) is 2. The SMILES string of the molecule is Cc1ccc(C(CNC(=O)NCCCOC(C)C)N2CCOCC2)cc1. The maximum absolute atomic E-state index is 12.1. The van der Waals surface area contributed by atoms with Crippen molar-refractivity contribution in [3.8, 4) is 0 Å². The van der Waals surface area contributed by atoms with Crippen LogP contribution < -0.4 is 10.6 Å². The molecule has 26 heavy (non-hydrogen) atoms. The number of aryl methyl sites for hydroxylation is 1. The number of carbonyl (C=O) groups excluding carboxylic acids is 1. The maximum atomic E-state index is 12.1. The topological polar surface area (TPSA) is 62.8 Å². The second-order valence-electron chi connectivity index (χ2n) is 6.98. The van der Waals surface area contributed by atoms with Crippen molar-refractivity contribution in [1.82, 2.24) is 15.5 Å². The third kappa shape index (κ3) is 7.32. The normalized spacial score (nSPS) is 16.5. The van der Waals surface area contributed by atoms with Crippen LogP contribution in [-0.2, 0) is 9.47 Å². The molecule has 2 N–H and O–H groups in total. The van der Waals surface area contributed by atoms with Crippen molar-refractivity contribution in [3.05, 3.63) is 35.4 Å². The molecule has 1 aliphatic heterocycles. The highest BCUT2D eigenvalue weighted by molar-refractivity contribution is 5.73. The minimum absolute atomic E-state index is 0.125. The van der Waals surface area contributed by atoms with Gasteiger partial charge in [-0.3, -0.25) is 4.90 Å². The number of urea groups is 1. The quantitative estimate of drug-likeness (QED) is 0.662. The summed E-state index contributed by atoms with van der Waals surface area (Å²) in [5.41, 5.74) is 2.46. The Labute approximate surface area is 157 Å². The fraction of sp³-hybridized carbons (Fsp3) is 0.650. The first-order chi connectivity index (χ1) is 12.6. The standard InChI is InChI=1S/C20H33N3O3/c1-16(2)26-12-4-9-21-20(24)22-15-19(23-10-13-25-14-11-23)18-7-5-17(3)6-8-18/h5-8,16,19H,4,9-15H2,1-3H3,(H2,21,22,24). The van der Waals surface area contributed by atoms with E-state index in [4.69, 9.17) is 9.47 Å². The van der Waals surface area contributed by atoms with Gasteiger partial charge in [-0.25, -0.2) is 4.79 Å². The van der Waals surface area contributed by atoms with Crippen molar-refractivity contribution in [3.63, 3.8) is 0 Å². The van der Waals surface area contributed by atoms with Crippen molar-refractivity contribution in [2.24, 2.45) is 0 Å². The molecule has 1 aromatic rings. The van der Waals surface area contributed by atoms with Gasteiger partial charge in [0.05, 0.1) is 25.4 Å². The Kier molecular flexibility index (Phi) is 8.88. The van der Waals surface area contributed by atoms with Crippen molar-refractivity contribution >= 4 is 6.03 Å². The lowest BCUT2D eigenvalue weighted by Crippen LogP contribution is -2.46. The second kappa shape index (κ2) is 11.2. The molecule has 1 heterocycles. The first-order valence-electron chi connectivity index (χ1n) is 9.58. The van der Waals surface area contributed by atoms with E-state index in [1.807, 2.05) is 13.8 Å². The fourth-order valence-corrected chi connectivity index (χ4v) is 2.98. The highest BCUT2D eigenvalue weighted by Gasteiger charge is 2.23. The Morgan fingerprint density at radius 1 is 1.19 bits per heavy atom. The molecule has 6 heteroatoms. The van der Waals surface area contributed by atoms with E-state index in [9.17, 15) is 4.79 Å². The minimum Gasteiger partial charge on any atom is -0.379 e. The van der Waals surface area contributed by atoms with Gasteiger partial charge in [0.2, 0.25) is 0 Å². The van der Waals surface area contributed by atoms with E-state index in [1.54, 1.807) is 0 Å². The van der Waals surface area contributed by atoms with Crippen molar-refractivity contribution < 1.29 is 14.3 Å². The van der Waals surface area contributed by atoms with Gasteiger partial charge in [-0.15, -0.1) is 0 Å². The summed E-state index contributed by atoms with van der Waals surface area (Å²) in [6, 6.07) is 8.58. The smallest absolute Gasteiger partial charge is 0.314 e. The molecule has 0 aromatic heterocycles. The lowest BCUT2D eigenvalue weighted by atomic mass is 10.0. The Hall–Kier alpha value is -1.63. The van der Waals surface area contributed by atoms with E-state index < -0.39 is 0 Å². The average Bonchev–Trinajstić information content (AvgIpc) is 2.63. The van der Waals surface area contributed by atoms with E-state index in [0.717, 1.165) is 32.7 Å². The minimum atomic E-state index is -0.125. The Morgan fingerprint density at radius 2 is 1.88 bits per heavy atom. The number of ether oxygens (including phenoxy) is 2. The van der Waals surface area contributed by atoms with Crippen molar-refractivity contribution in [2.45, 2.75) is 39.3 Å². The number of benzene rings is 1. The summed E-state index contributed by atoms with van der Waals surface area (Å²) in [5, 5.41) is 5.92. The van der Waals surface area contributed by atoms with Crippen LogP contribution >= 0.6 is 0 Å². The predicted octanol–water partition coefficient (Wildman–Crippen LogP) is 2.48. The summed E-state index contributed by atoms with van der Waals surface area (Å²) in [4.78, 5) is 14.5. The van der Waals surface area contributed by atoms with E-state index in [-0.39, 0.29) is 18.2 Å². The van der Waals surface area contributed by atoms with Gasteiger partial charge in [0.1, 0.15) is 0 Å². The van der Waals surface area contributed by atoms with Crippen LogP contribution in [0, 0.1) is 6.92 Å². The lowest BCUT2D eigenvalue weighted by Gasteiger charge is -2.35. The van der Waals surface area contributed by atoms with E-state index >= 15 is 0 Å². The molecule has 1 aliphatic rings. The van der Waals surface area contributed by atoms with Crippen molar-refractivity contribution in [1.29, 1.82) is 0 Å². The summed E-state index contributed by atoms with van der Waals surface area (Å²) < 4.78 is 10.9. The molecular formula is C20H33N3O3. The maximum Gasteiger partial charge on any atom is 0.314 e. The molecule has 0 radical (unpaired) electrons. The molecular weight excluding hydrogens is 330 g/mol. The van der Waals surface area contributed by atoms with Gasteiger partial charge in [0, 0.05) is 32.8 Å². The van der Waals surface area contributed by atoms with Crippen LogP contribution in [0.1, 0.15) is 37.4 Å². The van der Waals surface area contributed by atoms with Gasteiger partial charge in [0.25, 0.3) is 0 Å². The van der Waals surface area contributed by atoms with Gasteiger partial charge in [-0.2, -0.15) is 0 Å². The largest absolute Gasteiger partial charge is 0.379 e. The number of amides is 2. The third-order valence-electron chi connectivity index (χ3n) is 4.46. The van der Waals surface area contributed by atoms with Gasteiger partial charge >= 0.3 is 6.03 Å². The molecule has 0 aliphatic carbocycles. The van der Waals surface area contributed by atoms with Crippen LogP contribution in [0.25, 0.3) is 0 Å². The first-order valence-corrected chi connectivity index (χ1v) is 9.58. The first kappa shape index (κ1) is 20.7. The summed E-state index contributed by atoms with van der Waals surface area (Å²) in [5.74, 6) is 0. The Bertz CT molecular complexity index is 528. The highest BCUT2D eigenvalue weighted by atomic mass is 16.5. The molecule has 1 aromatic carbocycles. The highest BCUT2D eigenvalue weighted by Crippen LogP contribution is 2.21. The van der Waals surface area contributed by atoms with Crippen LogP contribution in [0.2, 0.25) is 0 Å².